The van der Waals surface area contributed by atoms with Crippen LogP contribution in [0.2, 0.25) is 0 Å². The van der Waals surface area contributed by atoms with Crippen molar-refractivity contribution in [3.8, 4) is 11.1 Å². The van der Waals surface area contributed by atoms with Crippen LogP contribution in [0.1, 0.15) is 25.8 Å². The fourth-order valence-corrected chi connectivity index (χ4v) is 4.78. The number of aliphatic hydroxyl groups excluding tert-OH is 2. The standard InChI is InChI=1S/C21H24N4O10P2.C2H6/c22-14-3-1-2-12(8-14)13-4-6-23-15(9-13)10-25-17(26)5-7-24(21(25)29)20-19(28)18(27)16(34-20)11-33-37(32)35-36(30)31;1-2/h1-9,16,18-20,27-28,30-32H,10-11,22H2;1-2H3. The third-order valence-corrected chi connectivity index (χ3v) is 7.07. The van der Waals surface area contributed by atoms with Gasteiger partial charge in [0.05, 0.1) is 18.8 Å². The van der Waals surface area contributed by atoms with Gasteiger partial charge in [-0.1, -0.05) is 26.0 Å². The Labute approximate surface area is 225 Å². The minimum Gasteiger partial charge on any atom is -0.399 e. The van der Waals surface area contributed by atoms with Crippen molar-refractivity contribution in [3.05, 3.63) is 81.4 Å². The van der Waals surface area contributed by atoms with Gasteiger partial charge in [0.1, 0.15) is 18.3 Å². The van der Waals surface area contributed by atoms with Crippen LogP contribution in [-0.2, 0) is 20.1 Å². The van der Waals surface area contributed by atoms with Crippen LogP contribution in [0.4, 0.5) is 5.69 Å². The van der Waals surface area contributed by atoms with Crippen LogP contribution in [0.5, 0.6) is 0 Å². The van der Waals surface area contributed by atoms with Gasteiger partial charge >= 0.3 is 22.9 Å². The van der Waals surface area contributed by atoms with Crippen LogP contribution in [0.3, 0.4) is 0 Å². The number of anilines is 1. The van der Waals surface area contributed by atoms with E-state index < -0.39 is 59.6 Å². The zero-order chi connectivity index (χ0) is 28.7. The Kier molecular flexibility index (Phi) is 11.2. The molecule has 0 radical (unpaired) electrons. The van der Waals surface area contributed by atoms with E-state index in [4.69, 9.17) is 24.8 Å². The van der Waals surface area contributed by atoms with Crippen molar-refractivity contribution < 1.29 is 38.5 Å². The van der Waals surface area contributed by atoms with Gasteiger partial charge in [-0.2, -0.15) is 0 Å². The highest BCUT2D eigenvalue weighted by Gasteiger charge is 2.44. The van der Waals surface area contributed by atoms with E-state index >= 15 is 0 Å². The number of ether oxygens (including phenoxy) is 1. The van der Waals surface area contributed by atoms with Gasteiger partial charge in [0, 0.05) is 24.1 Å². The molecule has 3 aromatic rings. The lowest BCUT2D eigenvalue weighted by molar-refractivity contribution is -0.0530. The summed E-state index contributed by atoms with van der Waals surface area (Å²) in [4.78, 5) is 57.0. The number of nitrogens with zero attached hydrogens (tertiary/aromatic N) is 3. The van der Waals surface area contributed by atoms with Gasteiger partial charge in [-0.05, 0) is 35.4 Å². The summed E-state index contributed by atoms with van der Waals surface area (Å²) in [6, 6.07) is 11.8. The lowest BCUT2D eigenvalue weighted by atomic mass is 10.1. The SMILES string of the molecule is CC.Nc1cccc(-c2ccnc(Cn3c(=O)ccn(C4OC(COP(O)OP(O)O)C(O)C4O)c3=O)c2)c1. The first-order valence-electron chi connectivity index (χ1n) is 11.8. The summed E-state index contributed by atoms with van der Waals surface area (Å²) in [6.07, 6.45) is -3.01. The van der Waals surface area contributed by atoms with Crippen molar-refractivity contribution in [2.45, 2.75) is 44.9 Å². The molecule has 0 saturated carbocycles. The summed E-state index contributed by atoms with van der Waals surface area (Å²) in [5.74, 6) is 0. The molecular weight excluding hydrogens is 554 g/mol. The van der Waals surface area contributed by atoms with Crippen LogP contribution < -0.4 is 17.0 Å². The van der Waals surface area contributed by atoms with E-state index in [2.05, 4.69) is 9.29 Å². The quantitative estimate of drug-likeness (QED) is 0.152. The molecule has 5 atom stereocenters. The van der Waals surface area contributed by atoms with Crippen molar-refractivity contribution in [1.29, 1.82) is 0 Å². The average Bonchev–Trinajstić information content (AvgIpc) is 3.19. The molecule has 16 heteroatoms. The van der Waals surface area contributed by atoms with Crippen molar-refractivity contribution >= 4 is 22.9 Å². The van der Waals surface area contributed by atoms with E-state index in [0.717, 1.165) is 32.5 Å². The predicted molar refractivity (Wildman–Crippen MR) is 143 cm³/mol. The molecule has 4 rings (SSSR count). The van der Waals surface area contributed by atoms with E-state index in [1.807, 2.05) is 19.9 Å². The highest BCUT2D eigenvalue weighted by Crippen LogP contribution is 2.46. The van der Waals surface area contributed by atoms with Gasteiger partial charge < -0.3 is 39.9 Å². The average molecular weight is 584 g/mol. The summed E-state index contributed by atoms with van der Waals surface area (Å²) < 4.78 is 16.6. The number of nitrogens with two attached hydrogens (primary N) is 1. The Morgan fingerprint density at radius 1 is 1.05 bits per heavy atom. The number of hydrogen-bond donors (Lipinski definition) is 6. The molecule has 212 valence electrons. The van der Waals surface area contributed by atoms with Crippen LogP contribution >= 0.6 is 17.2 Å². The zero-order valence-corrected chi connectivity index (χ0v) is 22.8. The molecule has 14 nitrogen and oxygen atoms in total. The summed E-state index contributed by atoms with van der Waals surface area (Å²) in [7, 11) is -5.54. The number of aliphatic hydroxyl groups is 2. The maximum atomic E-state index is 13.2. The Morgan fingerprint density at radius 3 is 2.46 bits per heavy atom. The molecule has 2 aromatic heterocycles. The maximum Gasteiger partial charge on any atom is 0.337 e. The van der Waals surface area contributed by atoms with Crippen molar-refractivity contribution in [2.75, 3.05) is 12.3 Å². The van der Waals surface area contributed by atoms with Gasteiger partial charge in [0.2, 0.25) is 0 Å². The summed E-state index contributed by atoms with van der Waals surface area (Å²) in [5.41, 5.74) is 7.03. The molecule has 7 N–H and O–H groups in total. The number of aromatic nitrogens is 3. The minimum atomic E-state index is -2.87. The molecule has 0 bridgehead atoms. The van der Waals surface area contributed by atoms with Crippen LogP contribution in [-0.4, -0.2) is 63.9 Å². The van der Waals surface area contributed by atoms with Crippen LogP contribution in [0.15, 0.2) is 64.4 Å². The van der Waals surface area contributed by atoms with Crippen molar-refractivity contribution in [3.63, 3.8) is 0 Å². The second kappa shape index (κ2) is 14.1. The fraction of sp³-hybridized carbons (Fsp3) is 0.348. The highest BCUT2D eigenvalue weighted by atomic mass is 31.2. The lowest BCUT2D eigenvalue weighted by Crippen LogP contribution is -2.43. The summed E-state index contributed by atoms with van der Waals surface area (Å²) >= 11 is 0. The molecule has 1 fully saturated rings. The fourth-order valence-electron chi connectivity index (χ4n) is 3.82. The monoisotopic (exact) mass is 584 g/mol. The van der Waals surface area contributed by atoms with Gasteiger partial charge in [0.15, 0.2) is 6.23 Å². The van der Waals surface area contributed by atoms with Gasteiger partial charge in [-0.15, -0.1) is 0 Å². The van der Waals surface area contributed by atoms with Crippen molar-refractivity contribution in [1.82, 2.24) is 14.1 Å². The van der Waals surface area contributed by atoms with E-state index in [0.29, 0.717) is 11.4 Å². The lowest BCUT2D eigenvalue weighted by Gasteiger charge is -2.19. The molecule has 0 amide bonds. The van der Waals surface area contributed by atoms with Crippen LogP contribution in [0, 0.1) is 0 Å². The second-order valence-electron chi connectivity index (χ2n) is 8.01. The van der Waals surface area contributed by atoms with Gasteiger partial charge in [0.25, 0.3) is 5.56 Å². The molecule has 3 heterocycles. The number of hydrogen-bond acceptors (Lipinski definition) is 12. The third-order valence-electron chi connectivity index (χ3n) is 5.56. The summed E-state index contributed by atoms with van der Waals surface area (Å²) in [6.45, 7) is 3.33. The number of nitrogen functional groups attached to an aromatic ring is 1. The Morgan fingerprint density at radius 2 is 1.77 bits per heavy atom. The summed E-state index contributed by atoms with van der Waals surface area (Å²) in [5, 5.41) is 20.8. The largest absolute Gasteiger partial charge is 0.399 e. The Bertz CT molecular complexity index is 1350. The first-order valence-corrected chi connectivity index (χ1v) is 14.1. The van der Waals surface area contributed by atoms with Crippen molar-refractivity contribution in [2.24, 2.45) is 0 Å². The normalized spacial score (nSPS) is 21.4. The highest BCUT2D eigenvalue weighted by molar-refractivity contribution is 7.54. The topological polar surface area (TPSA) is 212 Å². The minimum absolute atomic E-state index is 0.177. The van der Waals surface area contributed by atoms with Crippen LogP contribution in [0.25, 0.3) is 11.1 Å². The molecular formula is C23H30N4O10P2. The smallest absolute Gasteiger partial charge is 0.337 e. The van der Waals surface area contributed by atoms with E-state index in [-0.39, 0.29) is 6.54 Å². The van der Waals surface area contributed by atoms with E-state index in [1.54, 1.807) is 36.5 Å². The molecule has 5 unspecified atom stereocenters. The molecule has 1 aliphatic rings. The third kappa shape index (κ3) is 7.74. The number of pyridine rings is 1. The number of benzene rings is 1. The Balaban J connectivity index is 0.00000205. The van der Waals surface area contributed by atoms with Gasteiger partial charge in [-0.3, -0.25) is 18.9 Å². The molecule has 0 aliphatic carbocycles. The first-order chi connectivity index (χ1) is 18.6. The first kappa shape index (κ1) is 30.9. The second-order valence-corrected chi connectivity index (χ2v) is 9.90. The molecule has 39 heavy (non-hydrogen) atoms. The Hall–Kier alpha value is -2.61. The molecule has 0 spiro atoms. The molecule has 1 aliphatic heterocycles. The molecule has 1 saturated heterocycles. The van der Waals surface area contributed by atoms with E-state index in [9.17, 15) is 24.7 Å². The van der Waals surface area contributed by atoms with E-state index in [1.165, 1.54) is 0 Å². The van der Waals surface area contributed by atoms with Gasteiger partial charge in [-0.25, -0.2) is 9.11 Å². The number of rotatable bonds is 9. The predicted octanol–water partition coefficient (Wildman–Crippen LogP) is 0.812. The zero-order valence-electron chi connectivity index (χ0n) is 21.0. The maximum absolute atomic E-state index is 13.2. The molecule has 1 aromatic carbocycles.